The molecule has 5 nitrogen and oxygen atoms in total. The Labute approximate surface area is 97.0 Å². The van der Waals surface area contributed by atoms with Gasteiger partial charge in [-0.05, 0) is 22.5 Å². The summed E-state index contributed by atoms with van der Waals surface area (Å²) in [4.78, 5) is 19.8. The Balaban J connectivity index is 2.69. The molecule has 0 radical (unpaired) electrons. The number of H-pyrrole nitrogens is 1. The van der Waals surface area contributed by atoms with Gasteiger partial charge in [-0.3, -0.25) is 4.79 Å². The second-order valence-corrected chi connectivity index (χ2v) is 3.94. The van der Waals surface area contributed by atoms with Crippen LogP contribution in [0.5, 0.6) is 0 Å². The molecule has 1 aromatic rings. The number of nitrogens with zero attached hydrogens (tertiary/aromatic N) is 2. The van der Waals surface area contributed by atoms with Crippen LogP contribution in [0.2, 0.25) is 0 Å². The van der Waals surface area contributed by atoms with Gasteiger partial charge in [0.1, 0.15) is 10.3 Å². The second-order valence-electron chi connectivity index (χ2n) is 3.14. The van der Waals surface area contributed by atoms with Crippen LogP contribution in [-0.4, -0.2) is 36.6 Å². The molecular formula is C9H15BrN4O. The molecule has 1 rings (SSSR count). The lowest BCUT2D eigenvalue weighted by molar-refractivity contribution is 0.701. The number of aromatic amines is 1. The Hall–Kier alpha value is -0.880. The van der Waals surface area contributed by atoms with E-state index in [0.717, 1.165) is 19.6 Å². The molecule has 0 spiro atoms. The van der Waals surface area contributed by atoms with Gasteiger partial charge >= 0.3 is 0 Å². The summed E-state index contributed by atoms with van der Waals surface area (Å²) >= 11 is 3.22. The number of hydrogen-bond acceptors (Lipinski definition) is 4. The van der Waals surface area contributed by atoms with Crippen LogP contribution in [0.1, 0.15) is 6.92 Å². The van der Waals surface area contributed by atoms with E-state index in [1.165, 1.54) is 6.33 Å². The number of aromatic nitrogens is 2. The van der Waals surface area contributed by atoms with Crippen molar-refractivity contribution in [3.63, 3.8) is 0 Å². The SMILES string of the molecule is CCNCCN(C)c1nc[nH]c(=O)c1Br. The van der Waals surface area contributed by atoms with Gasteiger partial charge in [-0.25, -0.2) is 4.98 Å². The molecule has 0 aliphatic heterocycles. The van der Waals surface area contributed by atoms with E-state index in [2.05, 4.69) is 38.1 Å². The van der Waals surface area contributed by atoms with Crippen molar-refractivity contribution >= 4 is 21.7 Å². The molecule has 0 aromatic carbocycles. The van der Waals surface area contributed by atoms with Crippen molar-refractivity contribution < 1.29 is 0 Å². The predicted molar refractivity (Wildman–Crippen MR) is 64.4 cm³/mol. The summed E-state index contributed by atoms with van der Waals surface area (Å²) in [6, 6.07) is 0. The summed E-state index contributed by atoms with van der Waals surface area (Å²) in [5.74, 6) is 0.664. The van der Waals surface area contributed by atoms with E-state index in [0.29, 0.717) is 10.3 Å². The minimum Gasteiger partial charge on any atom is -0.357 e. The molecule has 0 bridgehead atoms. The Morgan fingerprint density at radius 1 is 1.67 bits per heavy atom. The first-order valence-electron chi connectivity index (χ1n) is 4.81. The van der Waals surface area contributed by atoms with E-state index in [9.17, 15) is 4.79 Å². The molecule has 0 fully saturated rings. The average molecular weight is 275 g/mol. The smallest absolute Gasteiger partial charge is 0.267 e. The van der Waals surface area contributed by atoms with Crippen molar-refractivity contribution in [1.82, 2.24) is 15.3 Å². The number of likely N-dealkylation sites (N-methyl/N-ethyl adjacent to an activating group) is 2. The van der Waals surface area contributed by atoms with Crippen LogP contribution in [0, 0.1) is 0 Å². The maximum atomic E-state index is 11.3. The Morgan fingerprint density at radius 3 is 3.07 bits per heavy atom. The topological polar surface area (TPSA) is 61.0 Å². The van der Waals surface area contributed by atoms with Gasteiger partial charge in [-0.1, -0.05) is 6.92 Å². The van der Waals surface area contributed by atoms with E-state index in [4.69, 9.17) is 0 Å². The second kappa shape index (κ2) is 5.87. The first-order valence-corrected chi connectivity index (χ1v) is 5.61. The van der Waals surface area contributed by atoms with E-state index >= 15 is 0 Å². The molecule has 2 N–H and O–H groups in total. The van der Waals surface area contributed by atoms with Crippen molar-refractivity contribution in [2.45, 2.75) is 6.92 Å². The normalized spacial score (nSPS) is 10.3. The highest BCUT2D eigenvalue weighted by Gasteiger charge is 2.09. The quantitative estimate of drug-likeness (QED) is 0.772. The number of anilines is 1. The lowest BCUT2D eigenvalue weighted by Gasteiger charge is -2.18. The van der Waals surface area contributed by atoms with Crippen molar-refractivity contribution in [3.8, 4) is 0 Å². The first kappa shape index (κ1) is 12.2. The average Bonchev–Trinajstić information content (AvgIpc) is 2.22. The van der Waals surface area contributed by atoms with Crippen LogP contribution in [0.15, 0.2) is 15.6 Å². The van der Waals surface area contributed by atoms with Crippen LogP contribution in [0.25, 0.3) is 0 Å². The molecule has 1 heterocycles. The summed E-state index contributed by atoms with van der Waals surface area (Å²) in [6.07, 6.45) is 1.41. The van der Waals surface area contributed by atoms with Crippen LogP contribution in [0.4, 0.5) is 5.82 Å². The highest BCUT2D eigenvalue weighted by Crippen LogP contribution is 2.16. The van der Waals surface area contributed by atoms with E-state index in [1.54, 1.807) is 0 Å². The maximum Gasteiger partial charge on any atom is 0.267 e. The van der Waals surface area contributed by atoms with Crippen molar-refractivity contribution in [2.75, 3.05) is 31.6 Å². The van der Waals surface area contributed by atoms with Crippen molar-refractivity contribution in [2.24, 2.45) is 0 Å². The molecule has 1 aromatic heterocycles. The Bertz CT molecular complexity index is 365. The zero-order chi connectivity index (χ0) is 11.3. The maximum absolute atomic E-state index is 11.3. The lowest BCUT2D eigenvalue weighted by atomic mass is 10.4. The zero-order valence-electron chi connectivity index (χ0n) is 8.88. The van der Waals surface area contributed by atoms with E-state index in [-0.39, 0.29) is 5.56 Å². The van der Waals surface area contributed by atoms with E-state index < -0.39 is 0 Å². The minimum absolute atomic E-state index is 0.157. The number of nitrogens with one attached hydrogen (secondary N) is 2. The fourth-order valence-electron chi connectivity index (χ4n) is 1.17. The summed E-state index contributed by atoms with van der Waals surface area (Å²) in [7, 11) is 1.91. The summed E-state index contributed by atoms with van der Waals surface area (Å²) in [5, 5.41) is 3.21. The van der Waals surface area contributed by atoms with Gasteiger partial charge in [0.2, 0.25) is 0 Å². The monoisotopic (exact) mass is 274 g/mol. The minimum atomic E-state index is -0.157. The van der Waals surface area contributed by atoms with Gasteiger partial charge in [-0.15, -0.1) is 0 Å². The third-order valence-electron chi connectivity index (χ3n) is 2.01. The largest absolute Gasteiger partial charge is 0.357 e. The molecule has 0 atom stereocenters. The fourth-order valence-corrected chi connectivity index (χ4v) is 1.69. The molecule has 0 saturated carbocycles. The van der Waals surface area contributed by atoms with Crippen LogP contribution >= 0.6 is 15.9 Å². The number of halogens is 1. The van der Waals surface area contributed by atoms with Gasteiger partial charge in [-0.2, -0.15) is 0 Å². The molecule has 6 heteroatoms. The molecular weight excluding hydrogens is 260 g/mol. The Morgan fingerprint density at radius 2 is 2.40 bits per heavy atom. The molecule has 84 valence electrons. The first-order chi connectivity index (χ1) is 7.16. The third-order valence-corrected chi connectivity index (χ3v) is 2.73. The molecule has 0 aliphatic carbocycles. The standard InChI is InChI=1S/C9H15BrN4O/c1-3-11-4-5-14(2)8-7(10)9(15)13-6-12-8/h6,11H,3-5H2,1-2H3,(H,12,13,15). The highest BCUT2D eigenvalue weighted by molar-refractivity contribution is 9.10. The predicted octanol–water partition coefficient (Wildman–Crippen LogP) is 0.578. The van der Waals surface area contributed by atoms with Crippen LogP contribution in [0.3, 0.4) is 0 Å². The van der Waals surface area contributed by atoms with Gasteiger partial charge < -0.3 is 15.2 Å². The molecule has 0 aliphatic rings. The van der Waals surface area contributed by atoms with Gasteiger partial charge in [0.05, 0.1) is 6.33 Å². The van der Waals surface area contributed by atoms with Gasteiger partial charge in [0.25, 0.3) is 5.56 Å². The third kappa shape index (κ3) is 3.32. The summed E-state index contributed by atoms with van der Waals surface area (Å²) in [6.45, 7) is 4.68. The molecule has 15 heavy (non-hydrogen) atoms. The van der Waals surface area contributed by atoms with Crippen LogP contribution < -0.4 is 15.8 Å². The lowest BCUT2D eigenvalue weighted by Crippen LogP contribution is -2.30. The molecule has 0 amide bonds. The van der Waals surface area contributed by atoms with Crippen LogP contribution in [-0.2, 0) is 0 Å². The van der Waals surface area contributed by atoms with E-state index in [1.807, 2.05) is 11.9 Å². The summed E-state index contributed by atoms with van der Waals surface area (Å²) < 4.78 is 0.476. The summed E-state index contributed by atoms with van der Waals surface area (Å²) in [5.41, 5.74) is -0.157. The fraction of sp³-hybridized carbons (Fsp3) is 0.556. The number of hydrogen-bond donors (Lipinski definition) is 2. The molecule has 0 unspecified atom stereocenters. The number of rotatable bonds is 5. The van der Waals surface area contributed by atoms with Crippen molar-refractivity contribution in [3.05, 3.63) is 21.2 Å². The van der Waals surface area contributed by atoms with Crippen molar-refractivity contribution in [1.29, 1.82) is 0 Å². The zero-order valence-corrected chi connectivity index (χ0v) is 10.5. The van der Waals surface area contributed by atoms with Gasteiger partial charge in [0.15, 0.2) is 0 Å². The molecule has 0 saturated heterocycles. The highest BCUT2D eigenvalue weighted by atomic mass is 79.9. The van der Waals surface area contributed by atoms with Gasteiger partial charge in [0, 0.05) is 20.1 Å². The Kier molecular flexibility index (Phi) is 4.77.